The summed E-state index contributed by atoms with van der Waals surface area (Å²) in [6.45, 7) is 3.31. The highest BCUT2D eigenvalue weighted by Crippen LogP contribution is 2.09. The summed E-state index contributed by atoms with van der Waals surface area (Å²) in [5.41, 5.74) is 1.41. The molecule has 1 aliphatic rings. The van der Waals surface area contributed by atoms with Gasteiger partial charge in [0, 0.05) is 46.0 Å². The number of amides is 2. The monoisotopic (exact) mass is 329 g/mol. The zero-order valence-electron chi connectivity index (χ0n) is 14.2. The molecule has 0 aliphatic carbocycles. The number of benzene rings is 1. The average molecular weight is 329 g/mol. The van der Waals surface area contributed by atoms with E-state index in [1.54, 1.807) is 43.3 Å². The predicted molar refractivity (Wildman–Crippen MR) is 91.4 cm³/mol. The molecule has 0 bridgehead atoms. The van der Waals surface area contributed by atoms with Gasteiger partial charge in [0.2, 0.25) is 11.8 Å². The molecule has 1 heterocycles. The molecule has 1 saturated heterocycles. The van der Waals surface area contributed by atoms with E-state index in [0.717, 1.165) is 5.69 Å². The first-order valence-electron chi connectivity index (χ1n) is 7.94. The molecule has 7 nitrogen and oxygen atoms in total. The van der Waals surface area contributed by atoms with Crippen molar-refractivity contribution in [2.75, 3.05) is 58.7 Å². The minimum Gasteiger partial charge on any atom is -0.376 e. The number of nitrogens with zero attached hydrogens (tertiary/aromatic N) is 4. The SMILES string of the molecule is CN(C)C(=O)CN1CCN(C(=O)CNc2ccc(C#N)cc2)CC1. The van der Waals surface area contributed by atoms with Crippen molar-refractivity contribution in [1.82, 2.24) is 14.7 Å². The van der Waals surface area contributed by atoms with Crippen molar-refractivity contribution in [3.8, 4) is 6.07 Å². The minimum atomic E-state index is 0.0398. The van der Waals surface area contributed by atoms with Gasteiger partial charge in [0.1, 0.15) is 0 Å². The standard InChI is InChI=1S/C17H23N5O2/c1-20(2)17(24)13-21-7-9-22(10-8-21)16(23)12-19-15-5-3-14(11-18)4-6-15/h3-6,19H,7-10,12-13H2,1-2H3. The van der Waals surface area contributed by atoms with Crippen LogP contribution in [0, 0.1) is 11.3 Å². The fourth-order valence-corrected chi connectivity index (χ4v) is 2.44. The lowest BCUT2D eigenvalue weighted by Crippen LogP contribution is -2.52. The van der Waals surface area contributed by atoms with Crippen molar-refractivity contribution >= 4 is 17.5 Å². The summed E-state index contributed by atoms with van der Waals surface area (Å²) >= 11 is 0. The Balaban J connectivity index is 1.74. The van der Waals surface area contributed by atoms with Gasteiger partial charge in [0.25, 0.3) is 0 Å². The summed E-state index contributed by atoms with van der Waals surface area (Å²) in [5.74, 6) is 0.121. The Kier molecular flexibility index (Phi) is 6.15. The number of carbonyl (C=O) groups is 2. The first kappa shape index (κ1) is 17.8. The summed E-state index contributed by atoms with van der Waals surface area (Å²) in [4.78, 5) is 29.4. The molecule has 1 aromatic rings. The predicted octanol–water partition coefficient (Wildman–Crippen LogP) is 0.203. The van der Waals surface area contributed by atoms with Crippen molar-refractivity contribution in [1.29, 1.82) is 5.26 Å². The zero-order chi connectivity index (χ0) is 17.5. The first-order chi connectivity index (χ1) is 11.5. The Labute approximate surface area is 142 Å². The Bertz CT molecular complexity index is 613. The van der Waals surface area contributed by atoms with E-state index in [9.17, 15) is 9.59 Å². The van der Waals surface area contributed by atoms with Gasteiger partial charge in [-0.3, -0.25) is 14.5 Å². The molecule has 0 unspecified atom stereocenters. The van der Waals surface area contributed by atoms with E-state index in [1.165, 1.54) is 0 Å². The number of carbonyl (C=O) groups excluding carboxylic acids is 2. The van der Waals surface area contributed by atoms with Crippen LogP contribution in [-0.2, 0) is 9.59 Å². The first-order valence-corrected chi connectivity index (χ1v) is 7.94. The van der Waals surface area contributed by atoms with Crippen molar-refractivity contribution < 1.29 is 9.59 Å². The molecule has 0 spiro atoms. The fraction of sp³-hybridized carbons (Fsp3) is 0.471. The molecule has 24 heavy (non-hydrogen) atoms. The molecule has 0 radical (unpaired) electrons. The Morgan fingerprint density at radius 3 is 2.33 bits per heavy atom. The van der Waals surface area contributed by atoms with E-state index in [1.807, 2.05) is 4.90 Å². The van der Waals surface area contributed by atoms with Gasteiger partial charge in [-0.2, -0.15) is 5.26 Å². The molecule has 1 aliphatic heterocycles. The maximum absolute atomic E-state index is 12.2. The van der Waals surface area contributed by atoms with Crippen LogP contribution in [0.5, 0.6) is 0 Å². The lowest BCUT2D eigenvalue weighted by molar-refractivity contribution is -0.132. The molecule has 1 aromatic carbocycles. The Hall–Kier alpha value is -2.59. The number of piperazine rings is 1. The molecular weight excluding hydrogens is 306 g/mol. The quantitative estimate of drug-likeness (QED) is 0.835. The molecule has 1 fully saturated rings. The number of anilines is 1. The summed E-state index contributed by atoms with van der Waals surface area (Å²) in [6, 6.07) is 9.07. The summed E-state index contributed by atoms with van der Waals surface area (Å²) in [6.07, 6.45) is 0. The second-order valence-corrected chi connectivity index (χ2v) is 5.99. The molecule has 7 heteroatoms. The number of hydrogen-bond acceptors (Lipinski definition) is 5. The molecular formula is C17H23N5O2. The number of hydrogen-bond donors (Lipinski definition) is 1. The van der Waals surface area contributed by atoms with Gasteiger partial charge in [-0.15, -0.1) is 0 Å². The molecule has 2 amide bonds. The van der Waals surface area contributed by atoms with Crippen molar-refractivity contribution in [3.05, 3.63) is 29.8 Å². The van der Waals surface area contributed by atoms with Gasteiger partial charge >= 0.3 is 0 Å². The van der Waals surface area contributed by atoms with Gasteiger partial charge < -0.3 is 15.1 Å². The van der Waals surface area contributed by atoms with Crippen LogP contribution in [0.25, 0.3) is 0 Å². The summed E-state index contributed by atoms with van der Waals surface area (Å²) in [7, 11) is 3.49. The number of nitriles is 1. The van der Waals surface area contributed by atoms with Crippen LogP contribution in [-0.4, -0.2) is 79.9 Å². The summed E-state index contributed by atoms with van der Waals surface area (Å²) in [5, 5.41) is 11.8. The van der Waals surface area contributed by atoms with Gasteiger partial charge in [-0.25, -0.2) is 0 Å². The van der Waals surface area contributed by atoms with Gasteiger partial charge in [0.05, 0.1) is 24.7 Å². The molecule has 0 aromatic heterocycles. The Morgan fingerprint density at radius 1 is 1.17 bits per heavy atom. The minimum absolute atomic E-state index is 0.0398. The molecule has 2 rings (SSSR count). The number of rotatable bonds is 5. The molecule has 0 atom stereocenters. The van der Waals surface area contributed by atoms with Gasteiger partial charge in [0.15, 0.2) is 0 Å². The third kappa shape index (κ3) is 4.96. The van der Waals surface area contributed by atoms with Crippen LogP contribution in [0.4, 0.5) is 5.69 Å². The highest BCUT2D eigenvalue weighted by Gasteiger charge is 2.22. The maximum atomic E-state index is 12.2. The lowest BCUT2D eigenvalue weighted by Gasteiger charge is -2.34. The van der Waals surface area contributed by atoms with Crippen LogP contribution in [0.3, 0.4) is 0 Å². The van der Waals surface area contributed by atoms with Crippen LogP contribution >= 0.6 is 0 Å². The number of nitrogens with one attached hydrogen (secondary N) is 1. The van der Waals surface area contributed by atoms with E-state index < -0.39 is 0 Å². The topological polar surface area (TPSA) is 79.7 Å². The van der Waals surface area contributed by atoms with Crippen LogP contribution < -0.4 is 5.32 Å². The lowest BCUT2D eigenvalue weighted by atomic mass is 10.2. The van der Waals surface area contributed by atoms with E-state index in [-0.39, 0.29) is 18.4 Å². The van der Waals surface area contributed by atoms with Gasteiger partial charge in [-0.1, -0.05) is 0 Å². The molecule has 0 saturated carbocycles. The van der Waals surface area contributed by atoms with E-state index in [0.29, 0.717) is 38.3 Å². The normalized spacial score (nSPS) is 14.8. The highest BCUT2D eigenvalue weighted by molar-refractivity contribution is 5.81. The van der Waals surface area contributed by atoms with Crippen molar-refractivity contribution in [2.45, 2.75) is 0 Å². The van der Waals surface area contributed by atoms with Crippen LogP contribution in [0.2, 0.25) is 0 Å². The summed E-state index contributed by atoms with van der Waals surface area (Å²) < 4.78 is 0. The van der Waals surface area contributed by atoms with Crippen LogP contribution in [0.15, 0.2) is 24.3 Å². The fourth-order valence-electron chi connectivity index (χ4n) is 2.44. The zero-order valence-corrected chi connectivity index (χ0v) is 14.2. The highest BCUT2D eigenvalue weighted by atomic mass is 16.2. The van der Waals surface area contributed by atoms with Crippen molar-refractivity contribution in [2.24, 2.45) is 0 Å². The largest absolute Gasteiger partial charge is 0.376 e. The van der Waals surface area contributed by atoms with E-state index >= 15 is 0 Å². The number of likely N-dealkylation sites (N-methyl/N-ethyl adjacent to an activating group) is 1. The second kappa shape index (κ2) is 8.31. The third-order valence-electron chi connectivity index (χ3n) is 4.04. The average Bonchev–Trinajstić information content (AvgIpc) is 2.60. The van der Waals surface area contributed by atoms with E-state index in [4.69, 9.17) is 5.26 Å². The maximum Gasteiger partial charge on any atom is 0.241 e. The smallest absolute Gasteiger partial charge is 0.241 e. The molecule has 128 valence electrons. The Morgan fingerprint density at radius 2 is 1.79 bits per heavy atom. The third-order valence-corrected chi connectivity index (χ3v) is 4.04. The van der Waals surface area contributed by atoms with Gasteiger partial charge in [-0.05, 0) is 24.3 Å². The van der Waals surface area contributed by atoms with E-state index in [2.05, 4.69) is 16.3 Å². The van der Waals surface area contributed by atoms with Crippen LogP contribution in [0.1, 0.15) is 5.56 Å². The van der Waals surface area contributed by atoms with Crippen molar-refractivity contribution in [3.63, 3.8) is 0 Å². The molecule has 1 N–H and O–H groups in total. The second-order valence-electron chi connectivity index (χ2n) is 5.99.